The van der Waals surface area contributed by atoms with Crippen molar-refractivity contribution in [2.45, 2.75) is 62.9 Å². The standard InChI is InChI=1S/C30H34ClFN6O2S/c1-5-19-14-20(15-21-17-33-30(36-28(19)21)35-22-10-12-23(13-11-22)38(3)4)24-16-26(32)29(34-18(24)2)37-41(39,40)27-9-7-6-8-25(27)31/h6-9,14-17,22-23H,5,10-13H2,1-4H3,(H,34,37)(H,33,35,36). The van der Waals surface area contributed by atoms with Gasteiger partial charge in [0.1, 0.15) is 4.90 Å². The number of hydrogen-bond donors (Lipinski definition) is 2. The summed E-state index contributed by atoms with van der Waals surface area (Å²) >= 11 is 6.05. The van der Waals surface area contributed by atoms with Gasteiger partial charge in [0.15, 0.2) is 11.6 Å². The Morgan fingerprint density at radius 2 is 1.80 bits per heavy atom. The Kier molecular flexibility index (Phi) is 8.45. The van der Waals surface area contributed by atoms with Gasteiger partial charge in [0, 0.05) is 34.9 Å². The van der Waals surface area contributed by atoms with Gasteiger partial charge < -0.3 is 10.2 Å². The largest absolute Gasteiger partial charge is 0.351 e. The molecule has 0 aliphatic heterocycles. The zero-order valence-corrected chi connectivity index (χ0v) is 25.2. The van der Waals surface area contributed by atoms with E-state index in [2.05, 4.69) is 45.9 Å². The van der Waals surface area contributed by atoms with E-state index in [4.69, 9.17) is 16.6 Å². The average molecular weight is 597 g/mol. The lowest BCUT2D eigenvalue weighted by Crippen LogP contribution is -2.36. The van der Waals surface area contributed by atoms with Gasteiger partial charge in [-0.15, -0.1) is 0 Å². The van der Waals surface area contributed by atoms with Crippen LogP contribution in [0.5, 0.6) is 0 Å². The number of fused-ring (bicyclic) bond motifs is 1. The van der Waals surface area contributed by atoms with Crippen LogP contribution in [-0.4, -0.2) is 54.4 Å². The molecule has 2 N–H and O–H groups in total. The van der Waals surface area contributed by atoms with E-state index in [1.165, 1.54) is 18.2 Å². The van der Waals surface area contributed by atoms with E-state index in [9.17, 15) is 8.42 Å². The molecule has 4 aromatic rings. The fraction of sp³-hybridized carbons (Fsp3) is 0.367. The number of pyridine rings is 1. The van der Waals surface area contributed by atoms with Crippen LogP contribution in [0.15, 0.2) is 53.6 Å². The quantitative estimate of drug-likeness (QED) is 0.241. The van der Waals surface area contributed by atoms with Crippen LogP contribution in [-0.2, 0) is 16.4 Å². The lowest BCUT2D eigenvalue weighted by Gasteiger charge is -2.33. The van der Waals surface area contributed by atoms with Gasteiger partial charge >= 0.3 is 0 Å². The van der Waals surface area contributed by atoms with E-state index >= 15 is 4.39 Å². The van der Waals surface area contributed by atoms with Crippen LogP contribution in [0.3, 0.4) is 0 Å². The van der Waals surface area contributed by atoms with Crippen LogP contribution in [0.4, 0.5) is 16.2 Å². The number of benzene rings is 2. The van der Waals surface area contributed by atoms with Crippen LogP contribution in [0.25, 0.3) is 22.0 Å². The van der Waals surface area contributed by atoms with Gasteiger partial charge in [-0.1, -0.05) is 30.7 Å². The molecule has 2 heterocycles. The first-order chi connectivity index (χ1) is 19.6. The smallest absolute Gasteiger partial charge is 0.264 e. The number of nitrogens with zero attached hydrogens (tertiary/aromatic N) is 4. The third-order valence-electron chi connectivity index (χ3n) is 7.74. The molecule has 5 rings (SSSR count). The first-order valence-electron chi connectivity index (χ1n) is 13.7. The second-order valence-corrected chi connectivity index (χ2v) is 12.8. The molecule has 0 atom stereocenters. The van der Waals surface area contributed by atoms with Crippen molar-refractivity contribution in [2.75, 3.05) is 24.1 Å². The van der Waals surface area contributed by atoms with Crippen LogP contribution in [0, 0.1) is 12.7 Å². The van der Waals surface area contributed by atoms with E-state index in [-0.39, 0.29) is 15.7 Å². The molecule has 0 amide bonds. The van der Waals surface area contributed by atoms with Crippen molar-refractivity contribution in [1.82, 2.24) is 19.9 Å². The van der Waals surface area contributed by atoms with Crippen molar-refractivity contribution in [3.8, 4) is 11.1 Å². The summed E-state index contributed by atoms with van der Waals surface area (Å²) < 4.78 is 43.2. The SMILES string of the molecule is CCc1cc(-c2cc(F)c(NS(=O)(=O)c3ccccc3Cl)nc2C)cc2cnc(NC3CCC(N(C)C)CC3)nc12. The summed E-state index contributed by atoms with van der Waals surface area (Å²) in [4.78, 5) is 15.8. The molecule has 1 saturated carbocycles. The molecule has 2 aromatic heterocycles. The number of sulfonamides is 1. The van der Waals surface area contributed by atoms with E-state index in [1.54, 1.807) is 25.3 Å². The summed E-state index contributed by atoms with van der Waals surface area (Å²) in [5.74, 6) is -0.562. The molecule has 216 valence electrons. The van der Waals surface area contributed by atoms with Crippen molar-refractivity contribution in [3.63, 3.8) is 0 Å². The maximum absolute atomic E-state index is 15.2. The molecular formula is C30H34ClFN6O2S. The maximum atomic E-state index is 15.2. The third kappa shape index (κ3) is 6.29. The number of aryl methyl sites for hydroxylation is 2. The molecule has 11 heteroatoms. The number of halogens is 2. The first kappa shape index (κ1) is 29.2. The monoisotopic (exact) mass is 596 g/mol. The minimum atomic E-state index is -4.13. The second kappa shape index (κ2) is 11.9. The predicted octanol–water partition coefficient (Wildman–Crippen LogP) is 6.44. The van der Waals surface area contributed by atoms with Gasteiger partial charge in [0.25, 0.3) is 10.0 Å². The minimum Gasteiger partial charge on any atom is -0.351 e. The van der Waals surface area contributed by atoms with Crippen LogP contribution >= 0.6 is 11.6 Å². The lowest BCUT2D eigenvalue weighted by molar-refractivity contribution is 0.221. The van der Waals surface area contributed by atoms with Gasteiger partial charge in [-0.3, -0.25) is 4.72 Å². The van der Waals surface area contributed by atoms with Gasteiger partial charge in [0.2, 0.25) is 5.95 Å². The van der Waals surface area contributed by atoms with Crippen molar-refractivity contribution in [2.24, 2.45) is 0 Å². The summed E-state index contributed by atoms with van der Waals surface area (Å²) in [5, 5.41) is 4.40. The highest BCUT2D eigenvalue weighted by molar-refractivity contribution is 7.92. The molecule has 0 saturated heterocycles. The van der Waals surface area contributed by atoms with Gasteiger partial charge in [-0.05, 0) is 94.6 Å². The predicted molar refractivity (Wildman–Crippen MR) is 162 cm³/mol. The molecule has 0 unspecified atom stereocenters. The highest BCUT2D eigenvalue weighted by Crippen LogP contribution is 2.32. The fourth-order valence-electron chi connectivity index (χ4n) is 5.42. The summed E-state index contributed by atoms with van der Waals surface area (Å²) in [6.45, 7) is 3.76. The van der Waals surface area contributed by atoms with Crippen molar-refractivity contribution < 1.29 is 12.8 Å². The lowest BCUT2D eigenvalue weighted by atomic mass is 9.90. The van der Waals surface area contributed by atoms with Crippen LogP contribution < -0.4 is 10.0 Å². The third-order valence-corrected chi connectivity index (χ3v) is 9.58. The highest BCUT2D eigenvalue weighted by atomic mass is 35.5. The molecule has 1 aliphatic rings. The van der Waals surface area contributed by atoms with Crippen LogP contribution in [0.2, 0.25) is 5.02 Å². The Labute approximate surface area is 245 Å². The molecule has 0 radical (unpaired) electrons. The Bertz CT molecular complexity index is 1690. The minimum absolute atomic E-state index is 0.0364. The number of aromatic nitrogens is 3. The zero-order chi connectivity index (χ0) is 29.3. The number of hydrogen-bond acceptors (Lipinski definition) is 7. The molecule has 0 bridgehead atoms. The molecule has 0 spiro atoms. The van der Waals surface area contributed by atoms with E-state index in [1.807, 2.05) is 12.1 Å². The van der Waals surface area contributed by atoms with Crippen molar-refractivity contribution in [1.29, 1.82) is 0 Å². The van der Waals surface area contributed by atoms with Gasteiger partial charge in [0.05, 0.1) is 10.5 Å². The maximum Gasteiger partial charge on any atom is 0.264 e. The fourth-order valence-corrected chi connectivity index (χ4v) is 6.95. The molecule has 1 fully saturated rings. The van der Waals surface area contributed by atoms with E-state index in [0.717, 1.165) is 54.1 Å². The highest BCUT2D eigenvalue weighted by Gasteiger charge is 2.24. The Balaban J connectivity index is 1.41. The van der Waals surface area contributed by atoms with E-state index < -0.39 is 15.8 Å². The second-order valence-electron chi connectivity index (χ2n) is 10.7. The zero-order valence-electron chi connectivity index (χ0n) is 23.6. The average Bonchev–Trinajstić information content (AvgIpc) is 2.94. The van der Waals surface area contributed by atoms with Crippen molar-refractivity contribution >= 4 is 44.3 Å². The summed E-state index contributed by atoms with van der Waals surface area (Å²) in [6, 6.07) is 12.1. The number of rotatable bonds is 8. The topological polar surface area (TPSA) is 100 Å². The number of anilines is 2. The summed E-state index contributed by atoms with van der Waals surface area (Å²) in [5.41, 5.74) is 3.63. The normalized spacial score (nSPS) is 17.6. The first-order valence-corrected chi connectivity index (χ1v) is 15.6. The molecule has 8 nitrogen and oxygen atoms in total. The molecule has 41 heavy (non-hydrogen) atoms. The Morgan fingerprint density at radius 3 is 2.49 bits per heavy atom. The van der Waals surface area contributed by atoms with Gasteiger partial charge in [-0.25, -0.2) is 27.8 Å². The van der Waals surface area contributed by atoms with Crippen molar-refractivity contribution in [3.05, 3.63) is 70.8 Å². The van der Waals surface area contributed by atoms with Gasteiger partial charge in [-0.2, -0.15) is 0 Å². The Hall–Kier alpha value is -3.34. The summed E-state index contributed by atoms with van der Waals surface area (Å²) in [7, 11) is 0.138. The molecular weight excluding hydrogens is 563 g/mol. The van der Waals surface area contributed by atoms with E-state index in [0.29, 0.717) is 29.3 Å². The Morgan fingerprint density at radius 1 is 1.07 bits per heavy atom. The molecule has 2 aromatic carbocycles. The number of nitrogens with one attached hydrogen (secondary N) is 2. The van der Waals surface area contributed by atoms with Crippen LogP contribution in [0.1, 0.15) is 43.9 Å². The molecule has 1 aliphatic carbocycles. The summed E-state index contributed by atoms with van der Waals surface area (Å²) in [6.07, 6.45) is 6.96.